The molecule has 1 aliphatic carbocycles. The minimum absolute atomic E-state index is 0.0569. The number of nitrogens with two attached hydrogens (primary N) is 1. The Labute approximate surface area is 137 Å². The van der Waals surface area contributed by atoms with E-state index < -0.39 is 12.6 Å². The van der Waals surface area contributed by atoms with Crippen LogP contribution in [0.4, 0.5) is 13.6 Å². The van der Waals surface area contributed by atoms with Crippen LogP contribution in [-0.2, 0) is 0 Å². The minimum atomic E-state index is -2.88. The summed E-state index contributed by atoms with van der Waals surface area (Å²) in [4.78, 5) is 11.4. The maximum atomic E-state index is 12.2. The number of allylic oxidation sites excluding steroid dienone is 4. The zero-order valence-corrected chi connectivity index (χ0v) is 12.7. The average molecular weight is 331 g/mol. The van der Waals surface area contributed by atoms with E-state index in [1.807, 2.05) is 12.2 Å². The molecule has 0 unspecified atom stereocenters. The van der Waals surface area contributed by atoms with Crippen molar-refractivity contribution in [3.8, 4) is 17.0 Å². The second kappa shape index (κ2) is 6.66. The second-order valence-corrected chi connectivity index (χ2v) is 5.22. The number of benzene rings is 1. The van der Waals surface area contributed by atoms with Crippen molar-refractivity contribution in [3.63, 3.8) is 0 Å². The van der Waals surface area contributed by atoms with Crippen molar-refractivity contribution in [2.45, 2.75) is 19.5 Å². The van der Waals surface area contributed by atoms with E-state index in [2.05, 4.69) is 15.9 Å². The van der Waals surface area contributed by atoms with Gasteiger partial charge in [-0.25, -0.2) is 4.79 Å². The highest BCUT2D eigenvalue weighted by atomic mass is 19.3. The SMILES string of the molecule is NC(=O)n1cc(C2=CCCC=C2)c(-c2ccc(OC(F)F)cc2)n1. The Balaban J connectivity index is 2.01. The van der Waals surface area contributed by atoms with E-state index in [0.717, 1.165) is 28.7 Å². The van der Waals surface area contributed by atoms with Crippen LogP contribution in [0.3, 0.4) is 0 Å². The van der Waals surface area contributed by atoms with Gasteiger partial charge in [0.15, 0.2) is 0 Å². The predicted molar refractivity (Wildman–Crippen MR) is 85.6 cm³/mol. The van der Waals surface area contributed by atoms with E-state index in [1.165, 1.54) is 12.1 Å². The molecule has 0 aliphatic heterocycles. The fourth-order valence-electron chi connectivity index (χ4n) is 2.52. The summed E-state index contributed by atoms with van der Waals surface area (Å²) in [5.74, 6) is 0.0569. The van der Waals surface area contributed by atoms with Crippen molar-refractivity contribution in [2.24, 2.45) is 5.73 Å². The van der Waals surface area contributed by atoms with E-state index in [1.54, 1.807) is 18.3 Å². The highest BCUT2D eigenvalue weighted by Crippen LogP contribution is 2.31. The zero-order valence-electron chi connectivity index (χ0n) is 12.7. The van der Waals surface area contributed by atoms with Crippen LogP contribution in [-0.4, -0.2) is 22.4 Å². The van der Waals surface area contributed by atoms with Crippen LogP contribution in [0.5, 0.6) is 5.75 Å². The average Bonchev–Trinajstić information content (AvgIpc) is 3.01. The van der Waals surface area contributed by atoms with Gasteiger partial charge in [0.05, 0.1) is 0 Å². The quantitative estimate of drug-likeness (QED) is 0.926. The van der Waals surface area contributed by atoms with Gasteiger partial charge in [0, 0.05) is 17.3 Å². The first-order chi connectivity index (χ1) is 11.5. The van der Waals surface area contributed by atoms with Crippen LogP contribution >= 0.6 is 0 Å². The molecular formula is C17H15F2N3O2. The summed E-state index contributed by atoms with van der Waals surface area (Å²) < 4.78 is 29.9. The molecule has 0 saturated carbocycles. The van der Waals surface area contributed by atoms with E-state index in [4.69, 9.17) is 5.73 Å². The fraction of sp³-hybridized carbons (Fsp3) is 0.176. The molecule has 1 heterocycles. The van der Waals surface area contributed by atoms with E-state index >= 15 is 0 Å². The number of alkyl halides is 2. The number of carbonyl (C=O) groups excluding carboxylic acids is 1. The summed E-state index contributed by atoms with van der Waals surface area (Å²) in [6.07, 6.45) is 9.49. The van der Waals surface area contributed by atoms with Gasteiger partial charge in [-0.05, 0) is 42.7 Å². The summed E-state index contributed by atoms with van der Waals surface area (Å²) >= 11 is 0. The van der Waals surface area contributed by atoms with Gasteiger partial charge in [-0.3, -0.25) is 0 Å². The van der Waals surface area contributed by atoms with Crippen molar-refractivity contribution in [3.05, 3.63) is 54.3 Å². The Bertz CT molecular complexity index is 808. The topological polar surface area (TPSA) is 70.1 Å². The van der Waals surface area contributed by atoms with Gasteiger partial charge in [-0.15, -0.1) is 0 Å². The van der Waals surface area contributed by atoms with Crippen LogP contribution in [0.15, 0.2) is 48.7 Å². The Morgan fingerprint density at radius 3 is 2.58 bits per heavy atom. The number of primary amides is 1. The van der Waals surface area contributed by atoms with Crippen LogP contribution in [0.2, 0.25) is 0 Å². The molecule has 2 aromatic rings. The molecule has 0 bridgehead atoms. The summed E-state index contributed by atoms with van der Waals surface area (Å²) in [5.41, 5.74) is 8.23. The molecule has 0 saturated heterocycles. The molecule has 1 aromatic heterocycles. The highest BCUT2D eigenvalue weighted by molar-refractivity contribution is 5.86. The lowest BCUT2D eigenvalue weighted by Gasteiger charge is -2.08. The van der Waals surface area contributed by atoms with Gasteiger partial charge in [-0.1, -0.05) is 18.2 Å². The molecule has 0 fully saturated rings. The van der Waals surface area contributed by atoms with Crippen molar-refractivity contribution in [1.29, 1.82) is 0 Å². The van der Waals surface area contributed by atoms with Crippen LogP contribution < -0.4 is 10.5 Å². The minimum Gasteiger partial charge on any atom is -0.435 e. The molecule has 24 heavy (non-hydrogen) atoms. The lowest BCUT2D eigenvalue weighted by atomic mass is 9.97. The summed E-state index contributed by atoms with van der Waals surface area (Å²) in [6.45, 7) is -2.88. The second-order valence-electron chi connectivity index (χ2n) is 5.22. The number of hydrogen-bond acceptors (Lipinski definition) is 3. The molecular weight excluding hydrogens is 316 g/mol. The molecule has 124 valence electrons. The predicted octanol–water partition coefficient (Wildman–Crippen LogP) is 3.81. The van der Waals surface area contributed by atoms with Crippen LogP contribution in [0.1, 0.15) is 18.4 Å². The maximum Gasteiger partial charge on any atom is 0.387 e. The number of hydrogen-bond donors (Lipinski definition) is 1. The van der Waals surface area contributed by atoms with Gasteiger partial charge in [-0.2, -0.15) is 18.6 Å². The number of carbonyl (C=O) groups is 1. The first-order valence-electron chi connectivity index (χ1n) is 7.36. The fourth-order valence-corrected chi connectivity index (χ4v) is 2.52. The number of amides is 1. The normalized spacial score (nSPS) is 13.9. The van der Waals surface area contributed by atoms with Gasteiger partial charge >= 0.3 is 12.6 Å². The van der Waals surface area contributed by atoms with E-state index in [0.29, 0.717) is 11.3 Å². The lowest BCUT2D eigenvalue weighted by molar-refractivity contribution is -0.0498. The number of halogens is 2. The number of nitrogens with zero attached hydrogens (tertiary/aromatic N) is 2. The summed E-state index contributed by atoms with van der Waals surface area (Å²) in [7, 11) is 0. The molecule has 0 spiro atoms. The Hall–Kier alpha value is -2.96. The number of aromatic nitrogens is 2. The zero-order chi connectivity index (χ0) is 17.1. The third-order valence-corrected chi connectivity index (χ3v) is 3.60. The van der Waals surface area contributed by atoms with Crippen molar-refractivity contribution >= 4 is 11.6 Å². The molecule has 5 nitrogen and oxygen atoms in total. The van der Waals surface area contributed by atoms with Crippen molar-refractivity contribution in [2.75, 3.05) is 0 Å². The Morgan fingerprint density at radius 1 is 1.25 bits per heavy atom. The standard InChI is InChI=1S/C17H15F2N3O2/c18-16(19)24-13-8-6-12(7-9-13)15-14(10-22(21-15)17(20)23)11-4-2-1-3-5-11/h2,4-10,16H,1,3H2,(H2,20,23). The number of rotatable bonds is 4. The lowest BCUT2D eigenvalue weighted by Crippen LogP contribution is -2.19. The van der Waals surface area contributed by atoms with Crippen LogP contribution in [0, 0.1) is 0 Å². The third-order valence-electron chi connectivity index (χ3n) is 3.60. The van der Waals surface area contributed by atoms with Crippen molar-refractivity contribution < 1.29 is 18.3 Å². The molecule has 1 amide bonds. The third kappa shape index (κ3) is 3.34. The van der Waals surface area contributed by atoms with Gasteiger partial charge in [0.2, 0.25) is 0 Å². The van der Waals surface area contributed by atoms with Crippen LogP contribution in [0.25, 0.3) is 16.8 Å². The monoisotopic (exact) mass is 331 g/mol. The van der Waals surface area contributed by atoms with Gasteiger partial charge in [0.1, 0.15) is 11.4 Å². The maximum absolute atomic E-state index is 12.2. The van der Waals surface area contributed by atoms with Crippen molar-refractivity contribution in [1.82, 2.24) is 9.78 Å². The summed E-state index contributed by atoms with van der Waals surface area (Å²) in [5, 5.41) is 4.22. The molecule has 0 radical (unpaired) electrons. The molecule has 3 rings (SSSR count). The number of ether oxygens (including phenoxy) is 1. The van der Waals surface area contributed by atoms with Gasteiger partial charge < -0.3 is 10.5 Å². The molecule has 1 aromatic carbocycles. The molecule has 0 atom stereocenters. The molecule has 1 aliphatic rings. The first-order valence-corrected chi connectivity index (χ1v) is 7.36. The highest BCUT2D eigenvalue weighted by Gasteiger charge is 2.17. The largest absolute Gasteiger partial charge is 0.435 e. The summed E-state index contributed by atoms with van der Waals surface area (Å²) in [6, 6.07) is 5.39. The smallest absolute Gasteiger partial charge is 0.387 e. The Morgan fingerprint density at radius 2 is 2.00 bits per heavy atom. The molecule has 2 N–H and O–H groups in total. The Kier molecular flexibility index (Phi) is 4.41. The molecule has 7 heteroatoms. The van der Waals surface area contributed by atoms with E-state index in [9.17, 15) is 13.6 Å². The van der Waals surface area contributed by atoms with Gasteiger partial charge in [0.25, 0.3) is 0 Å². The first kappa shape index (κ1) is 15.9. The van der Waals surface area contributed by atoms with E-state index in [-0.39, 0.29) is 5.75 Å².